The van der Waals surface area contributed by atoms with Crippen LogP contribution in [0.15, 0.2) is 36.4 Å². The molecule has 0 aliphatic heterocycles. The SMILES string of the molecule is CCc1ccc(Oc2ccc(C(C)=O)cc2F)c(OC(=O)CN)c1. The minimum absolute atomic E-state index is 0.0747. The molecule has 0 saturated carbocycles. The average Bonchev–Trinajstić information content (AvgIpc) is 2.57. The lowest BCUT2D eigenvalue weighted by Gasteiger charge is -2.13. The number of ether oxygens (including phenoxy) is 2. The van der Waals surface area contributed by atoms with Gasteiger partial charge in [0.2, 0.25) is 0 Å². The molecule has 0 aliphatic rings. The predicted octanol–water partition coefficient (Wildman–Crippen LogP) is 3.25. The molecule has 0 aliphatic carbocycles. The smallest absolute Gasteiger partial charge is 0.325 e. The molecule has 0 spiro atoms. The van der Waals surface area contributed by atoms with Crippen LogP contribution in [-0.4, -0.2) is 18.3 Å². The van der Waals surface area contributed by atoms with Crippen LogP contribution in [0.1, 0.15) is 29.8 Å². The molecule has 24 heavy (non-hydrogen) atoms. The van der Waals surface area contributed by atoms with Crippen molar-refractivity contribution in [1.29, 1.82) is 0 Å². The van der Waals surface area contributed by atoms with E-state index in [4.69, 9.17) is 15.2 Å². The second kappa shape index (κ2) is 7.70. The van der Waals surface area contributed by atoms with Crippen LogP contribution < -0.4 is 15.2 Å². The van der Waals surface area contributed by atoms with Gasteiger partial charge >= 0.3 is 5.97 Å². The van der Waals surface area contributed by atoms with Crippen molar-refractivity contribution in [1.82, 2.24) is 0 Å². The Labute approximate surface area is 139 Å². The van der Waals surface area contributed by atoms with Gasteiger partial charge in [0.05, 0.1) is 6.54 Å². The lowest BCUT2D eigenvalue weighted by atomic mass is 10.1. The van der Waals surface area contributed by atoms with Crippen LogP contribution >= 0.6 is 0 Å². The summed E-state index contributed by atoms with van der Waals surface area (Å²) in [5.41, 5.74) is 6.43. The van der Waals surface area contributed by atoms with Crippen LogP contribution in [-0.2, 0) is 11.2 Å². The lowest BCUT2D eigenvalue weighted by molar-refractivity contribution is -0.132. The van der Waals surface area contributed by atoms with E-state index in [1.54, 1.807) is 18.2 Å². The molecule has 2 aromatic carbocycles. The molecule has 0 aromatic heterocycles. The molecule has 0 amide bonds. The Bertz CT molecular complexity index is 774. The number of esters is 1. The minimum atomic E-state index is -0.682. The van der Waals surface area contributed by atoms with Crippen molar-refractivity contribution in [2.24, 2.45) is 5.73 Å². The first kappa shape index (κ1) is 17.6. The zero-order valence-corrected chi connectivity index (χ0v) is 13.5. The third kappa shape index (κ3) is 4.17. The van der Waals surface area contributed by atoms with Crippen molar-refractivity contribution >= 4 is 11.8 Å². The monoisotopic (exact) mass is 331 g/mol. The van der Waals surface area contributed by atoms with Crippen molar-refractivity contribution in [3.63, 3.8) is 0 Å². The number of nitrogens with two attached hydrogens (primary N) is 1. The molecule has 6 heteroatoms. The third-order valence-corrected chi connectivity index (χ3v) is 3.37. The molecule has 2 aromatic rings. The number of hydrogen-bond donors (Lipinski definition) is 1. The largest absolute Gasteiger partial charge is 0.450 e. The van der Waals surface area contributed by atoms with E-state index in [2.05, 4.69) is 0 Å². The first-order chi connectivity index (χ1) is 11.4. The second-order valence-corrected chi connectivity index (χ2v) is 5.12. The highest BCUT2D eigenvalue weighted by Gasteiger charge is 2.14. The maximum atomic E-state index is 14.1. The topological polar surface area (TPSA) is 78.6 Å². The zero-order valence-electron chi connectivity index (χ0n) is 13.5. The van der Waals surface area contributed by atoms with Gasteiger partial charge in [-0.3, -0.25) is 9.59 Å². The maximum absolute atomic E-state index is 14.1. The number of halogens is 1. The number of benzene rings is 2. The van der Waals surface area contributed by atoms with Gasteiger partial charge in [-0.2, -0.15) is 0 Å². The van der Waals surface area contributed by atoms with E-state index >= 15 is 0 Å². The average molecular weight is 331 g/mol. The summed E-state index contributed by atoms with van der Waals surface area (Å²) in [7, 11) is 0. The molecule has 126 valence electrons. The summed E-state index contributed by atoms with van der Waals surface area (Å²) in [5, 5.41) is 0. The van der Waals surface area contributed by atoms with E-state index in [1.807, 2.05) is 6.92 Å². The maximum Gasteiger partial charge on any atom is 0.325 e. The Morgan fingerprint density at radius 2 is 1.79 bits per heavy atom. The minimum Gasteiger partial charge on any atom is -0.450 e. The van der Waals surface area contributed by atoms with Crippen LogP contribution in [0, 0.1) is 5.82 Å². The van der Waals surface area contributed by atoms with Crippen LogP contribution in [0.5, 0.6) is 17.2 Å². The molecule has 0 bridgehead atoms. The quantitative estimate of drug-likeness (QED) is 0.499. The van der Waals surface area contributed by atoms with E-state index in [0.29, 0.717) is 0 Å². The fraction of sp³-hybridized carbons (Fsp3) is 0.222. The van der Waals surface area contributed by atoms with Crippen molar-refractivity contribution in [2.45, 2.75) is 20.3 Å². The molecule has 0 atom stereocenters. The summed E-state index contributed by atoms with van der Waals surface area (Å²) in [4.78, 5) is 22.7. The van der Waals surface area contributed by atoms with Crippen molar-refractivity contribution < 1.29 is 23.5 Å². The molecule has 0 radical (unpaired) electrons. The number of hydrogen-bond acceptors (Lipinski definition) is 5. The molecule has 2 N–H and O–H groups in total. The summed E-state index contributed by atoms with van der Waals surface area (Å²) in [6.07, 6.45) is 0.731. The number of carbonyl (C=O) groups is 2. The molecule has 0 unspecified atom stereocenters. The highest BCUT2D eigenvalue weighted by Crippen LogP contribution is 2.34. The van der Waals surface area contributed by atoms with E-state index < -0.39 is 11.8 Å². The van der Waals surface area contributed by atoms with Gasteiger partial charge in [0.1, 0.15) is 0 Å². The number of Topliss-reactive ketones (excluding diaryl/α,β-unsaturated/α-hetero) is 1. The van der Waals surface area contributed by atoms with Gasteiger partial charge in [-0.15, -0.1) is 0 Å². The zero-order chi connectivity index (χ0) is 17.7. The van der Waals surface area contributed by atoms with Crippen molar-refractivity contribution in [2.75, 3.05) is 6.54 Å². The van der Waals surface area contributed by atoms with Crippen LogP contribution in [0.4, 0.5) is 4.39 Å². The van der Waals surface area contributed by atoms with E-state index in [1.165, 1.54) is 19.1 Å². The summed E-state index contributed by atoms with van der Waals surface area (Å²) < 4.78 is 24.8. The van der Waals surface area contributed by atoms with Gasteiger partial charge in [-0.1, -0.05) is 13.0 Å². The second-order valence-electron chi connectivity index (χ2n) is 5.12. The first-order valence-corrected chi connectivity index (χ1v) is 7.46. The highest BCUT2D eigenvalue weighted by molar-refractivity contribution is 5.94. The molecular weight excluding hydrogens is 313 g/mol. The summed E-state index contributed by atoms with van der Waals surface area (Å²) in [6, 6.07) is 8.95. The molecule has 0 heterocycles. The molecule has 5 nitrogen and oxygen atoms in total. The van der Waals surface area contributed by atoms with Gasteiger partial charge in [-0.05, 0) is 49.2 Å². The van der Waals surface area contributed by atoms with Gasteiger partial charge in [-0.25, -0.2) is 4.39 Å². The van der Waals surface area contributed by atoms with Crippen LogP contribution in [0.25, 0.3) is 0 Å². The summed E-state index contributed by atoms with van der Waals surface area (Å²) in [6.45, 7) is 3.02. The van der Waals surface area contributed by atoms with Gasteiger partial charge < -0.3 is 15.2 Å². The Hall–Kier alpha value is -2.73. The van der Waals surface area contributed by atoms with Crippen LogP contribution in [0.3, 0.4) is 0 Å². The molecule has 0 fully saturated rings. The van der Waals surface area contributed by atoms with Gasteiger partial charge in [0.15, 0.2) is 28.8 Å². The van der Waals surface area contributed by atoms with Gasteiger partial charge in [0, 0.05) is 5.56 Å². The van der Waals surface area contributed by atoms with E-state index in [0.717, 1.165) is 18.1 Å². The molecule has 0 saturated heterocycles. The number of aryl methyl sites for hydroxylation is 1. The standard InChI is InChI=1S/C18H18FNO4/c1-3-12-4-6-16(17(8-12)24-18(22)10-20)23-15-7-5-13(11(2)21)9-14(15)19/h4-9H,3,10,20H2,1-2H3. The Balaban J connectivity index is 2.34. The predicted molar refractivity (Wildman–Crippen MR) is 87.0 cm³/mol. The van der Waals surface area contributed by atoms with E-state index in [9.17, 15) is 14.0 Å². The third-order valence-electron chi connectivity index (χ3n) is 3.37. The van der Waals surface area contributed by atoms with Crippen LogP contribution in [0.2, 0.25) is 0 Å². The normalized spacial score (nSPS) is 10.3. The van der Waals surface area contributed by atoms with Gasteiger partial charge in [0.25, 0.3) is 0 Å². The Kier molecular flexibility index (Phi) is 5.65. The number of ketones is 1. The fourth-order valence-corrected chi connectivity index (χ4v) is 2.02. The lowest BCUT2D eigenvalue weighted by Crippen LogP contribution is -2.19. The number of rotatable bonds is 6. The Morgan fingerprint density at radius 3 is 2.38 bits per heavy atom. The number of carbonyl (C=O) groups excluding carboxylic acids is 2. The summed E-state index contributed by atoms with van der Waals surface area (Å²) in [5.74, 6) is -1.28. The molecular formula is C18H18FNO4. The summed E-state index contributed by atoms with van der Waals surface area (Å²) >= 11 is 0. The Morgan fingerprint density at radius 1 is 1.08 bits per heavy atom. The van der Waals surface area contributed by atoms with Crippen molar-refractivity contribution in [3.8, 4) is 17.2 Å². The molecule has 2 rings (SSSR count). The fourth-order valence-electron chi connectivity index (χ4n) is 2.02. The first-order valence-electron chi connectivity index (χ1n) is 7.46. The van der Waals surface area contributed by atoms with Crippen molar-refractivity contribution in [3.05, 3.63) is 53.3 Å². The highest BCUT2D eigenvalue weighted by atomic mass is 19.1. The van der Waals surface area contributed by atoms with E-state index in [-0.39, 0.29) is 35.1 Å².